The smallest absolute Gasteiger partial charge is 0.227 e. The summed E-state index contributed by atoms with van der Waals surface area (Å²) in [7, 11) is 1.63. The fourth-order valence-electron chi connectivity index (χ4n) is 2.81. The van der Waals surface area contributed by atoms with Crippen LogP contribution in [-0.2, 0) is 16.0 Å². The van der Waals surface area contributed by atoms with Gasteiger partial charge in [-0.3, -0.25) is 14.5 Å². The molecule has 1 fully saturated rings. The van der Waals surface area contributed by atoms with Gasteiger partial charge in [-0.15, -0.1) is 0 Å². The number of carbonyl (C=O) groups excluding carboxylic acids is 2. The lowest BCUT2D eigenvalue weighted by Gasteiger charge is -2.22. The number of rotatable bonds is 5. The molecule has 21 heavy (non-hydrogen) atoms. The van der Waals surface area contributed by atoms with Gasteiger partial charge in [0.15, 0.2) is 5.78 Å². The van der Waals surface area contributed by atoms with Gasteiger partial charge in [-0.25, -0.2) is 4.39 Å². The van der Waals surface area contributed by atoms with Crippen LogP contribution in [0.15, 0.2) is 24.3 Å². The molecule has 5 heteroatoms. The Labute approximate surface area is 124 Å². The van der Waals surface area contributed by atoms with Gasteiger partial charge in [-0.05, 0) is 37.6 Å². The summed E-state index contributed by atoms with van der Waals surface area (Å²) in [6, 6.07) is 5.99. The normalized spacial score (nSPS) is 22.2. The second kappa shape index (κ2) is 6.35. The zero-order valence-corrected chi connectivity index (χ0v) is 12.5. The molecule has 0 radical (unpaired) electrons. The minimum absolute atomic E-state index is 0.0241. The molecule has 0 aromatic heterocycles. The monoisotopic (exact) mass is 292 g/mol. The molecule has 2 rings (SSSR count). The number of likely N-dealkylation sites (tertiary alicyclic amines) is 1. The lowest BCUT2D eigenvalue weighted by atomic mass is 9.89. The molecule has 4 nitrogen and oxygen atoms in total. The first kappa shape index (κ1) is 15.6. The highest BCUT2D eigenvalue weighted by atomic mass is 19.1. The maximum Gasteiger partial charge on any atom is 0.227 e. The molecule has 0 aliphatic carbocycles. The lowest BCUT2D eigenvalue weighted by molar-refractivity contribution is -0.129. The maximum atomic E-state index is 12.8. The molecule has 1 amide bonds. The van der Waals surface area contributed by atoms with E-state index in [-0.39, 0.29) is 17.5 Å². The van der Waals surface area contributed by atoms with Gasteiger partial charge in [0, 0.05) is 20.0 Å². The molecule has 1 aliphatic rings. The van der Waals surface area contributed by atoms with Crippen LogP contribution in [0.5, 0.6) is 0 Å². The van der Waals surface area contributed by atoms with E-state index in [2.05, 4.69) is 5.32 Å². The maximum absolute atomic E-state index is 12.8. The van der Waals surface area contributed by atoms with Crippen molar-refractivity contribution in [3.8, 4) is 0 Å². The highest BCUT2D eigenvalue weighted by Crippen LogP contribution is 2.29. The van der Waals surface area contributed by atoms with Crippen molar-refractivity contribution in [3.63, 3.8) is 0 Å². The zero-order chi connectivity index (χ0) is 15.5. The first-order valence-electron chi connectivity index (χ1n) is 7.14. The van der Waals surface area contributed by atoms with Crippen LogP contribution in [0.2, 0.25) is 0 Å². The number of ketones is 1. The highest BCUT2D eigenvalue weighted by molar-refractivity contribution is 5.84. The molecule has 1 aromatic carbocycles. The second-order valence-corrected chi connectivity index (χ2v) is 5.94. The fraction of sp³-hybridized carbons (Fsp3) is 0.500. The minimum Gasteiger partial charge on any atom is -0.359 e. The highest BCUT2D eigenvalue weighted by Gasteiger charge is 2.39. The number of amides is 1. The second-order valence-electron chi connectivity index (χ2n) is 5.94. The van der Waals surface area contributed by atoms with Crippen LogP contribution < -0.4 is 5.32 Å². The third-order valence-corrected chi connectivity index (χ3v) is 4.04. The van der Waals surface area contributed by atoms with Crippen molar-refractivity contribution in [1.29, 1.82) is 0 Å². The molecular formula is C16H21FN2O2. The van der Waals surface area contributed by atoms with E-state index in [1.807, 2.05) is 11.8 Å². The standard InChI is InChI=1S/C16H21FN2O2/c1-16(15(21)18-2)7-8-19(11-16)10-14(20)9-12-3-5-13(17)6-4-12/h3-6H,7-11H2,1-2H3,(H,18,21). The average molecular weight is 292 g/mol. The summed E-state index contributed by atoms with van der Waals surface area (Å²) in [5, 5.41) is 2.68. The van der Waals surface area contributed by atoms with Crippen LogP contribution in [-0.4, -0.2) is 43.3 Å². The van der Waals surface area contributed by atoms with E-state index < -0.39 is 5.41 Å². The topological polar surface area (TPSA) is 49.4 Å². The Hall–Kier alpha value is -1.75. The van der Waals surface area contributed by atoms with Crippen molar-refractivity contribution < 1.29 is 14.0 Å². The third kappa shape index (κ3) is 3.88. The van der Waals surface area contributed by atoms with E-state index in [0.717, 1.165) is 18.5 Å². The Morgan fingerprint density at radius 3 is 2.62 bits per heavy atom. The van der Waals surface area contributed by atoms with Crippen LogP contribution in [0.3, 0.4) is 0 Å². The molecule has 1 atom stereocenters. The van der Waals surface area contributed by atoms with E-state index in [9.17, 15) is 14.0 Å². The van der Waals surface area contributed by atoms with Gasteiger partial charge in [0.2, 0.25) is 5.91 Å². The Bertz CT molecular complexity index is 530. The number of halogens is 1. The molecule has 1 aromatic rings. The summed E-state index contributed by atoms with van der Waals surface area (Å²) in [5.41, 5.74) is 0.403. The van der Waals surface area contributed by atoms with Crippen LogP contribution in [0.1, 0.15) is 18.9 Å². The minimum atomic E-state index is -0.412. The Kier molecular flexibility index (Phi) is 4.73. The quantitative estimate of drug-likeness (QED) is 0.892. The van der Waals surface area contributed by atoms with Crippen LogP contribution in [0.4, 0.5) is 4.39 Å². The summed E-state index contributed by atoms with van der Waals surface area (Å²) in [4.78, 5) is 25.9. The Morgan fingerprint density at radius 1 is 1.33 bits per heavy atom. The molecule has 0 spiro atoms. The van der Waals surface area contributed by atoms with Gasteiger partial charge in [-0.2, -0.15) is 0 Å². The van der Waals surface area contributed by atoms with Crippen LogP contribution in [0, 0.1) is 11.2 Å². The van der Waals surface area contributed by atoms with Gasteiger partial charge in [-0.1, -0.05) is 12.1 Å². The average Bonchev–Trinajstić information content (AvgIpc) is 2.83. The van der Waals surface area contributed by atoms with Crippen molar-refractivity contribution in [2.75, 3.05) is 26.7 Å². The van der Waals surface area contributed by atoms with Gasteiger partial charge in [0.25, 0.3) is 0 Å². The number of hydrogen-bond donors (Lipinski definition) is 1. The van der Waals surface area contributed by atoms with E-state index in [0.29, 0.717) is 19.5 Å². The first-order chi connectivity index (χ1) is 9.93. The molecule has 1 heterocycles. The summed E-state index contributed by atoms with van der Waals surface area (Å²) < 4.78 is 12.8. The third-order valence-electron chi connectivity index (χ3n) is 4.04. The molecule has 1 aliphatic heterocycles. The lowest BCUT2D eigenvalue weighted by Crippen LogP contribution is -2.40. The largest absolute Gasteiger partial charge is 0.359 e. The molecule has 114 valence electrons. The molecular weight excluding hydrogens is 271 g/mol. The Morgan fingerprint density at radius 2 is 2.00 bits per heavy atom. The number of Topliss-reactive ketones (excluding diaryl/α,β-unsaturated/α-hetero) is 1. The summed E-state index contributed by atoms with van der Waals surface area (Å²) in [6.45, 7) is 3.61. The zero-order valence-electron chi connectivity index (χ0n) is 12.5. The van der Waals surface area contributed by atoms with Crippen molar-refractivity contribution in [1.82, 2.24) is 10.2 Å². The van der Waals surface area contributed by atoms with Gasteiger partial charge >= 0.3 is 0 Å². The van der Waals surface area contributed by atoms with Gasteiger partial charge in [0.1, 0.15) is 5.82 Å². The first-order valence-corrected chi connectivity index (χ1v) is 7.14. The predicted octanol–water partition coefficient (Wildman–Crippen LogP) is 1.40. The molecule has 1 saturated heterocycles. The van der Waals surface area contributed by atoms with Gasteiger partial charge in [0.05, 0.1) is 12.0 Å². The molecule has 1 N–H and O–H groups in total. The fourth-order valence-corrected chi connectivity index (χ4v) is 2.81. The molecule has 0 bridgehead atoms. The summed E-state index contributed by atoms with van der Waals surface area (Å²) in [6.07, 6.45) is 1.06. The number of nitrogens with zero attached hydrogens (tertiary/aromatic N) is 1. The van der Waals surface area contributed by atoms with Crippen molar-refractivity contribution in [2.45, 2.75) is 19.8 Å². The Balaban J connectivity index is 1.87. The van der Waals surface area contributed by atoms with Crippen molar-refractivity contribution in [3.05, 3.63) is 35.6 Å². The van der Waals surface area contributed by atoms with E-state index in [1.165, 1.54) is 12.1 Å². The number of carbonyl (C=O) groups is 2. The van der Waals surface area contributed by atoms with Crippen LogP contribution in [0.25, 0.3) is 0 Å². The van der Waals surface area contributed by atoms with E-state index in [4.69, 9.17) is 0 Å². The SMILES string of the molecule is CNC(=O)C1(C)CCN(CC(=O)Cc2ccc(F)cc2)C1. The van der Waals surface area contributed by atoms with Crippen molar-refractivity contribution >= 4 is 11.7 Å². The number of benzene rings is 1. The molecule has 0 saturated carbocycles. The number of hydrogen-bond acceptors (Lipinski definition) is 3. The van der Waals surface area contributed by atoms with Crippen molar-refractivity contribution in [2.24, 2.45) is 5.41 Å². The number of nitrogens with one attached hydrogen (secondary N) is 1. The van der Waals surface area contributed by atoms with E-state index in [1.54, 1.807) is 19.2 Å². The summed E-state index contributed by atoms with van der Waals surface area (Å²) in [5.74, 6) is -0.189. The predicted molar refractivity (Wildman–Crippen MR) is 78.3 cm³/mol. The van der Waals surface area contributed by atoms with Gasteiger partial charge < -0.3 is 5.32 Å². The van der Waals surface area contributed by atoms with Crippen LogP contribution >= 0.6 is 0 Å². The summed E-state index contributed by atoms with van der Waals surface area (Å²) >= 11 is 0. The molecule has 1 unspecified atom stereocenters. The van der Waals surface area contributed by atoms with E-state index >= 15 is 0 Å².